The lowest BCUT2D eigenvalue weighted by atomic mass is 10.4. The number of aryl methyl sites for hydroxylation is 2. The van der Waals surface area contributed by atoms with Crippen molar-refractivity contribution in [3.05, 3.63) is 17.5 Å². The topological polar surface area (TPSA) is 56.3 Å². The fourth-order valence-electron chi connectivity index (χ4n) is 1.28. The van der Waals surface area contributed by atoms with Crippen LogP contribution in [-0.4, -0.2) is 43.4 Å². The second-order valence-electron chi connectivity index (χ2n) is 3.51. The average Bonchev–Trinajstić information content (AvgIpc) is 2.22. The number of hydrogen-bond acceptors (Lipinski definition) is 5. The summed E-state index contributed by atoms with van der Waals surface area (Å²) in [6.45, 7) is 6.47. The predicted octanol–water partition coefficient (Wildman–Crippen LogP) is 1.17. The van der Waals surface area contributed by atoms with Gasteiger partial charge in [0.25, 0.3) is 0 Å². The number of hydrogen-bond donors (Lipinski definition) is 1. The molecular formula is C11H19N3O2. The lowest BCUT2D eigenvalue weighted by Crippen LogP contribution is -2.14. The van der Waals surface area contributed by atoms with Crippen LogP contribution in [0.1, 0.15) is 11.4 Å². The Morgan fingerprint density at radius 2 is 1.81 bits per heavy atom. The van der Waals surface area contributed by atoms with Gasteiger partial charge in [0.05, 0.1) is 19.8 Å². The number of nitrogens with one attached hydrogen (secondary N) is 1. The molecule has 90 valence electrons. The average molecular weight is 225 g/mol. The van der Waals surface area contributed by atoms with Gasteiger partial charge in [0.15, 0.2) is 0 Å². The van der Waals surface area contributed by atoms with Gasteiger partial charge in [0.1, 0.15) is 0 Å². The molecule has 0 spiro atoms. The second-order valence-corrected chi connectivity index (χ2v) is 3.51. The molecule has 1 aromatic heterocycles. The van der Waals surface area contributed by atoms with Crippen LogP contribution >= 0.6 is 0 Å². The van der Waals surface area contributed by atoms with Crippen LogP contribution in [-0.2, 0) is 9.47 Å². The highest BCUT2D eigenvalue weighted by Gasteiger charge is 1.97. The molecule has 0 bridgehead atoms. The molecule has 0 fully saturated rings. The first-order valence-electron chi connectivity index (χ1n) is 5.35. The van der Waals surface area contributed by atoms with Gasteiger partial charge in [-0.3, -0.25) is 0 Å². The summed E-state index contributed by atoms with van der Waals surface area (Å²) in [5, 5.41) is 3.12. The smallest absolute Gasteiger partial charge is 0.223 e. The molecule has 1 rings (SSSR count). The van der Waals surface area contributed by atoms with Crippen LogP contribution in [0.2, 0.25) is 0 Å². The molecule has 0 radical (unpaired) electrons. The Morgan fingerprint density at radius 1 is 1.12 bits per heavy atom. The fraction of sp³-hybridized carbons (Fsp3) is 0.636. The number of nitrogens with zero attached hydrogens (tertiary/aromatic N) is 2. The van der Waals surface area contributed by atoms with E-state index in [1.807, 2.05) is 19.9 Å². The van der Waals surface area contributed by atoms with Crippen molar-refractivity contribution in [2.24, 2.45) is 0 Å². The maximum atomic E-state index is 5.31. The third-order valence-corrected chi connectivity index (χ3v) is 1.94. The number of methoxy groups -OCH3 is 1. The first-order valence-corrected chi connectivity index (χ1v) is 5.35. The zero-order valence-corrected chi connectivity index (χ0v) is 10.1. The van der Waals surface area contributed by atoms with Crippen LogP contribution in [0.5, 0.6) is 0 Å². The van der Waals surface area contributed by atoms with Crippen LogP contribution < -0.4 is 5.32 Å². The van der Waals surface area contributed by atoms with Crippen LogP contribution in [0, 0.1) is 13.8 Å². The maximum Gasteiger partial charge on any atom is 0.223 e. The summed E-state index contributed by atoms with van der Waals surface area (Å²) in [7, 11) is 1.66. The summed E-state index contributed by atoms with van der Waals surface area (Å²) >= 11 is 0. The van der Waals surface area contributed by atoms with Gasteiger partial charge in [0.2, 0.25) is 5.95 Å². The van der Waals surface area contributed by atoms with E-state index in [1.54, 1.807) is 7.11 Å². The summed E-state index contributed by atoms with van der Waals surface area (Å²) in [5.74, 6) is 0.660. The first kappa shape index (κ1) is 12.9. The van der Waals surface area contributed by atoms with Crippen molar-refractivity contribution in [3.8, 4) is 0 Å². The van der Waals surface area contributed by atoms with Crippen LogP contribution in [0.15, 0.2) is 6.07 Å². The van der Waals surface area contributed by atoms with Crippen molar-refractivity contribution in [3.63, 3.8) is 0 Å². The normalized spacial score (nSPS) is 10.4. The number of rotatable bonds is 7. The van der Waals surface area contributed by atoms with Gasteiger partial charge >= 0.3 is 0 Å². The minimum Gasteiger partial charge on any atom is -0.382 e. The summed E-state index contributed by atoms with van der Waals surface area (Å²) in [4.78, 5) is 8.53. The van der Waals surface area contributed by atoms with Crippen molar-refractivity contribution in [2.45, 2.75) is 13.8 Å². The van der Waals surface area contributed by atoms with E-state index in [4.69, 9.17) is 9.47 Å². The predicted molar refractivity (Wildman–Crippen MR) is 62.7 cm³/mol. The van der Waals surface area contributed by atoms with Gasteiger partial charge in [-0.15, -0.1) is 0 Å². The van der Waals surface area contributed by atoms with E-state index in [2.05, 4.69) is 15.3 Å². The van der Waals surface area contributed by atoms with Crippen LogP contribution in [0.4, 0.5) is 5.95 Å². The van der Waals surface area contributed by atoms with Crippen molar-refractivity contribution >= 4 is 5.95 Å². The minimum absolute atomic E-state index is 0.617. The van der Waals surface area contributed by atoms with Gasteiger partial charge in [-0.05, 0) is 19.9 Å². The van der Waals surface area contributed by atoms with E-state index in [1.165, 1.54) is 0 Å². The lowest BCUT2D eigenvalue weighted by molar-refractivity contribution is 0.0759. The highest BCUT2D eigenvalue weighted by atomic mass is 16.5. The quantitative estimate of drug-likeness (QED) is 0.706. The molecular weight excluding hydrogens is 206 g/mol. The third-order valence-electron chi connectivity index (χ3n) is 1.94. The molecule has 1 heterocycles. The van der Waals surface area contributed by atoms with Crippen LogP contribution in [0.25, 0.3) is 0 Å². The van der Waals surface area contributed by atoms with Gasteiger partial charge in [0, 0.05) is 25.0 Å². The first-order chi connectivity index (χ1) is 7.72. The van der Waals surface area contributed by atoms with E-state index >= 15 is 0 Å². The molecule has 0 saturated carbocycles. The van der Waals surface area contributed by atoms with E-state index in [0.29, 0.717) is 32.3 Å². The molecule has 0 amide bonds. The molecule has 5 heteroatoms. The summed E-state index contributed by atoms with van der Waals surface area (Å²) in [6, 6.07) is 1.94. The highest BCUT2D eigenvalue weighted by Crippen LogP contribution is 2.02. The molecule has 0 atom stereocenters. The minimum atomic E-state index is 0.617. The number of anilines is 1. The molecule has 0 saturated heterocycles. The molecule has 0 aliphatic rings. The Labute approximate surface area is 96.2 Å². The van der Waals surface area contributed by atoms with Crippen molar-refractivity contribution in [1.29, 1.82) is 0 Å². The third kappa shape index (κ3) is 5.04. The largest absolute Gasteiger partial charge is 0.382 e. The van der Waals surface area contributed by atoms with Crippen molar-refractivity contribution < 1.29 is 9.47 Å². The van der Waals surface area contributed by atoms with Gasteiger partial charge < -0.3 is 14.8 Å². The fourth-order valence-corrected chi connectivity index (χ4v) is 1.28. The number of aromatic nitrogens is 2. The van der Waals surface area contributed by atoms with Crippen molar-refractivity contribution in [1.82, 2.24) is 9.97 Å². The molecule has 1 N–H and O–H groups in total. The van der Waals surface area contributed by atoms with E-state index in [-0.39, 0.29) is 0 Å². The monoisotopic (exact) mass is 225 g/mol. The van der Waals surface area contributed by atoms with Crippen LogP contribution in [0.3, 0.4) is 0 Å². The summed E-state index contributed by atoms with van der Waals surface area (Å²) in [6.07, 6.45) is 0. The van der Waals surface area contributed by atoms with E-state index in [9.17, 15) is 0 Å². The number of ether oxygens (including phenoxy) is 2. The Kier molecular flexibility index (Phi) is 5.74. The molecule has 5 nitrogen and oxygen atoms in total. The summed E-state index contributed by atoms with van der Waals surface area (Å²) < 4.78 is 10.2. The van der Waals surface area contributed by atoms with Crippen molar-refractivity contribution in [2.75, 3.05) is 38.8 Å². The van der Waals surface area contributed by atoms with E-state index < -0.39 is 0 Å². The Morgan fingerprint density at radius 3 is 2.44 bits per heavy atom. The SMILES string of the molecule is COCCOCCNc1nc(C)cc(C)n1. The Balaban J connectivity index is 2.21. The van der Waals surface area contributed by atoms with Gasteiger partial charge in [-0.1, -0.05) is 0 Å². The molecule has 0 aliphatic heterocycles. The zero-order chi connectivity index (χ0) is 11.8. The van der Waals surface area contributed by atoms with Gasteiger partial charge in [-0.25, -0.2) is 9.97 Å². The molecule has 0 aromatic carbocycles. The lowest BCUT2D eigenvalue weighted by Gasteiger charge is -2.07. The molecule has 16 heavy (non-hydrogen) atoms. The second kappa shape index (κ2) is 7.14. The highest BCUT2D eigenvalue weighted by molar-refractivity contribution is 5.27. The van der Waals surface area contributed by atoms with Gasteiger partial charge in [-0.2, -0.15) is 0 Å². The maximum absolute atomic E-state index is 5.31. The molecule has 1 aromatic rings. The molecule has 0 aliphatic carbocycles. The summed E-state index contributed by atoms with van der Waals surface area (Å²) in [5.41, 5.74) is 1.94. The Bertz CT molecular complexity index is 298. The Hall–Kier alpha value is -1.20. The van der Waals surface area contributed by atoms with E-state index in [0.717, 1.165) is 11.4 Å². The standard InChI is InChI=1S/C11H19N3O2/c1-9-8-10(2)14-11(13-9)12-4-5-16-7-6-15-3/h8H,4-7H2,1-3H3,(H,12,13,14). The zero-order valence-electron chi connectivity index (χ0n) is 10.1. The molecule has 0 unspecified atom stereocenters.